The molecular weight excluding hydrogens is 300 g/mol. The van der Waals surface area contributed by atoms with Crippen molar-refractivity contribution in [3.63, 3.8) is 0 Å². The Morgan fingerprint density at radius 1 is 1.12 bits per heavy atom. The summed E-state index contributed by atoms with van der Waals surface area (Å²) in [6.45, 7) is 12.0. The van der Waals surface area contributed by atoms with E-state index in [1.54, 1.807) is 0 Å². The minimum absolute atomic E-state index is 0.0800. The lowest BCUT2D eigenvalue weighted by atomic mass is 9.83. The molecule has 0 aliphatic carbocycles. The van der Waals surface area contributed by atoms with Gasteiger partial charge in [0.05, 0.1) is 6.42 Å². The van der Waals surface area contributed by atoms with Gasteiger partial charge < -0.3 is 10.6 Å². The van der Waals surface area contributed by atoms with Gasteiger partial charge in [-0.15, -0.1) is 0 Å². The van der Waals surface area contributed by atoms with Crippen molar-refractivity contribution in [3.05, 3.63) is 34.4 Å². The predicted molar refractivity (Wildman–Crippen MR) is 96.8 cm³/mol. The summed E-state index contributed by atoms with van der Waals surface area (Å²) < 4.78 is 0. The van der Waals surface area contributed by atoms with Crippen molar-refractivity contribution in [2.24, 2.45) is 11.7 Å². The van der Waals surface area contributed by atoms with Crippen LogP contribution in [0.3, 0.4) is 0 Å². The second-order valence-corrected chi connectivity index (χ2v) is 8.07. The van der Waals surface area contributed by atoms with Crippen molar-refractivity contribution in [1.29, 1.82) is 0 Å². The van der Waals surface area contributed by atoms with E-state index in [0.717, 1.165) is 5.56 Å². The van der Waals surface area contributed by atoms with Crippen LogP contribution in [0.15, 0.2) is 12.1 Å². The van der Waals surface area contributed by atoms with Gasteiger partial charge >= 0.3 is 0 Å². The molecule has 24 heavy (non-hydrogen) atoms. The SMILES string of the molecule is Cc1cc(C(C)(C)C)cc(C)c1CC(=O)N1CCC(C(N)=O)CC1. The molecule has 2 rings (SSSR count). The highest BCUT2D eigenvalue weighted by Crippen LogP contribution is 2.27. The first-order chi connectivity index (χ1) is 11.1. The molecule has 1 aliphatic rings. The molecule has 0 bridgehead atoms. The largest absolute Gasteiger partial charge is 0.369 e. The molecule has 1 saturated heterocycles. The molecule has 132 valence electrons. The van der Waals surface area contributed by atoms with E-state index < -0.39 is 0 Å². The molecule has 1 fully saturated rings. The molecule has 2 N–H and O–H groups in total. The Morgan fingerprint density at radius 3 is 2.04 bits per heavy atom. The summed E-state index contributed by atoms with van der Waals surface area (Å²) >= 11 is 0. The van der Waals surface area contributed by atoms with Gasteiger partial charge in [0.15, 0.2) is 0 Å². The first kappa shape index (κ1) is 18.5. The Labute approximate surface area is 145 Å². The molecule has 1 aromatic rings. The molecule has 0 atom stereocenters. The molecule has 0 unspecified atom stereocenters. The van der Waals surface area contributed by atoms with E-state index in [4.69, 9.17) is 5.73 Å². The zero-order chi connectivity index (χ0) is 18.1. The minimum atomic E-state index is -0.244. The summed E-state index contributed by atoms with van der Waals surface area (Å²) in [5.41, 5.74) is 10.3. The standard InChI is InChI=1S/C20H30N2O2/c1-13-10-16(20(3,4)5)11-14(2)17(13)12-18(23)22-8-6-15(7-9-22)19(21)24/h10-11,15H,6-9,12H2,1-5H3,(H2,21,24). The summed E-state index contributed by atoms with van der Waals surface area (Å²) in [5.74, 6) is -0.178. The van der Waals surface area contributed by atoms with Crippen molar-refractivity contribution in [2.75, 3.05) is 13.1 Å². The number of hydrogen-bond acceptors (Lipinski definition) is 2. The average Bonchev–Trinajstić information content (AvgIpc) is 2.49. The Morgan fingerprint density at radius 2 is 1.62 bits per heavy atom. The molecule has 4 nitrogen and oxygen atoms in total. The highest BCUT2D eigenvalue weighted by molar-refractivity contribution is 5.81. The Bertz CT molecular complexity index is 613. The van der Waals surface area contributed by atoms with Gasteiger partial charge in [0.25, 0.3) is 0 Å². The van der Waals surface area contributed by atoms with Gasteiger partial charge in [-0.1, -0.05) is 32.9 Å². The lowest BCUT2D eigenvalue weighted by molar-refractivity contribution is -0.134. The molecule has 1 heterocycles. The van der Waals surface area contributed by atoms with E-state index in [1.807, 2.05) is 4.90 Å². The quantitative estimate of drug-likeness (QED) is 0.926. The summed E-state index contributed by atoms with van der Waals surface area (Å²) in [6.07, 6.45) is 1.80. The van der Waals surface area contributed by atoms with Crippen molar-refractivity contribution in [3.8, 4) is 0 Å². The van der Waals surface area contributed by atoms with Crippen LogP contribution in [0, 0.1) is 19.8 Å². The van der Waals surface area contributed by atoms with Crippen molar-refractivity contribution in [1.82, 2.24) is 4.90 Å². The third-order valence-electron chi connectivity index (χ3n) is 5.14. The van der Waals surface area contributed by atoms with E-state index in [9.17, 15) is 9.59 Å². The number of aryl methyl sites for hydroxylation is 2. The topological polar surface area (TPSA) is 63.4 Å². The summed E-state index contributed by atoms with van der Waals surface area (Å²) in [7, 11) is 0. The molecule has 1 aromatic carbocycles. The summed E-state index contributed by atoms with van der Waals surface area (Å²) in [4.78, 5) is 25.8. The molecule has 1 aliphatic heterocycles. The first-order valence-electron chi connectivity index (χ1n) is 8.77. The van der Waals surface area contributed by atoms with Gasteiger partial charge in [-0.05, 0) is 54.4 Å². The van der Waals surface area contributed by atoms with Gasteiger partial charge in [-0.3, -0.25) is 9.59 Å². The van der Waals surface area contributed by atoms with E-state index in [-0.39, 0.29) is 23.1 Å². The summed E-state index contributed by atoms with van der Waals surface area (Å²) in [5, 5.41) is 0. The number of carbonyl (C=O) groups is 2. The minimum Gasteiger partial charge on any atom is -0.369 e. The Hall–Kier alpha value is -1.84. The van der Waals surface area contributed by atoms with E-state index >= 15 is 0 Å². The third kappa shape index (κ3) is 4.16. The van der Waals surface area contributed by atoms with Crippen LogP contribution in [-0.2, 0) is 21.4 Å². The highest BCUT2D eigenvalue weighted by Gasteiger charge is 2.26. The van der Waals surface area contributed by atoms with Crippen molar-refractivity contribution < 1.29 is 9.59 Å². The Balaban J connectivity index is 2.09. The van der Waals surface area contributed by atoms with Crippen LogP contribution in [0.2, 0.25) is 0 Å². The predicted octanol–water partition coefficient (Wildman–Crippen LogP) is 2.87. The maximum absolute atomic E-state index is 12.6. The normalized spacial score (nSPS) is 16.3. The second-order valence-electron chi connectivity index (χ2n) is 8.07. The number of carbonyl (C=O) groups excluding carboxylic acids is 2. The fraction of sp³-hybridized carbons (Fsp3) is 0.600. The van der Waals surface area contributed by atoms with Crippen molar-refractivity contribution in [2.45, 2.75) is 59.3 Å². The van der Waals surface area contributed by atoms with Crippen LogP contribution in [0.25, 0.3) is 0 Å². The number of nitrogens with two attached hydrogens (primary N) is 1. The average molecular weight is 330 g/mol. The number of primary amides is 1. The number of hydrogen-bond donors (Lipinski definition) is 1. The smallest absolute Gasteiger partial charge is 0.227 e. The molecule has 0 spiro atoms. The number of benzene rings is 1. The lowest BCUT2D eigenvalue weighted by Gasteiger charge is -2.31. The van der Waals surface area contributed by atoms with Crippen molar-refractivity contribution >= 4 is 11.8 Å². The molecule has 4 heteroatoms. The van der Waals surface area contributed by atoms with Gasteiger partial charge in [-0.25, -0.2) is 0 Å². The molecular formula is C20H30N2O2. The van der Waals surface area contributed by atoms with Gasteiger partial charge in [0, 0.05) is 19.0 Å². The van der Waals surface area contributed by atoms with Crippen LogP contribution in [0.1, 0.15) is 55.9 Å². The van der Waals surface area contributed by atoms with Crippen LogP contribution < -0.4 is 5.73 Å². The summed E-state index contributed by atoms with van der Waals surface area (Å²) in [6, 6.07) is 4.41. The lowest BCUT2D eigenvalue weighted by Crippen LogP contribution is -2.42. The molecule has 0 radical (unpaired) electrons. The van der Waals surface area contributed by atoms with Gasteiger partial charge in [-0.2, -0.15) is 0 Å². The molecule has 2 amide bonds. The number of nitrogens with zero attached hydrogens (tertiary/aromatic N) is 1. The fourth-order valence-corrected chi connectivity index (χ4v) is 3.38. The number of piperidine rings is 1. The molecule has 0 saturated carbocycles. The maximum Gasteiger partial charge on any atom is 0.227 e. The zero-order valence-electron chi connectivity index (χ0n) is 15.6. The van der Waals surface area contributed by atoms with E-state index in [0.29, 0.717) is 32.4 Å². The third-order valence-corrected chi connectivity index (χ3v) is 5.14. The van der Waals surface area contributed by atoms with E-state index in [2.05, 4.69) is 46.8 Å². The highest BCUT2D eigenvalue weighted by atomic mass is 16.2. The maximum atomic E-state index is 12.6. The number of likely N-dealkylation sites (tertiary alicyclic amines) is 1. The van der Waals surface area contributed by atoms with Crippen LogP contribution in [0.4, 0.5) is 0 Å². The number of amides is 2. The second kappa shape index (κ2) is 6.96. The van der Waals surface area contributed by atoms with Crippen LogP contribution >= 0.6 is 0 Å². The first-order valence-corrected chi connectivity index (χ1v) is 8.77. The van der Waals surface area contributed by atoms with Crippen LogP contribution in [0.5, 0.6) is 0 Å². The van der Waals surface area contributed by atoms with E-state index in [1.165, 1.54) is 16.7 Å². The zero-order valence-corrected chi connectivity index (χ0v) is 15.6. The number of rotatable bonds is 3. The van der Waals surface area contributed by atoms with Crippen LogP contribution in [-0.4, -0.2) is 29.8 Å². The Kier molecular flexibility index (Phi) is 5.36. The van der Waals surface area contributed by atoms with Gasteiger partial charge in [0.2, 0.25) is 11.8 Å². The molecule has 0 aromatic heterocycles. The monoisotopic (exact) mass is 330 g/mol. The van der Waals surface area contributed by atoms with Gasteiger partial charge in [0.1, 0.15) is 0 Å². The fourth-order valence-electron chi connectivity index (χ4n) is 3.38.